The zero-order valence-electron chi connectivity index (χ0n) is 26.6. The van der Waals surface area contributed by atoms with Crippen LogP contribution in [0.3, 0.4) is 0 Å². The summed E-state index contributed by atoms with van der Waals surface area (Å²) in [5, 5.41) is 12.0. The van der Waals surface area contributed by atoms with Gasteiger partial charge in [-0.3, -0.25) is 0 Å². The lowest BCUT2D eigenvalue weighted by atomic mass is 9.51. The van der Waals surface area contributed by atoms with Crippen LogP contribution in [-0.4, -0.2) is 32.2 Å². The molecule has 3 aliphatic rings. The molecule has 0 aromatic heterocycles. The highest BCUT2D eigenvalue weighted by molar-refractivity contribution is 6.77. The normalized spacial score (nSPS) is 28.9. The van der Waals surface area contributed by atoms with E-state index in [0.717, 1.165) is 19.4 Å². The number of hydrogen-bond donors (Lipinski definition) is 1. The van der Waals surface area contributed by atoms with E-state index in [-0.39, 0.29) is 11.3 Å². The van der Waals surface area contributed by atoms with Crippen molar-refractivity contribution in [2.24, 2.45) is 35.0 Å². The molecule has 1 saturated carbocycles. The topological polar surface area (TPSA) is 38.7 Å². The summed E-state index contributed by atoms with van der Waals surface area (Å²) in [6, 6.07) is 10.3. The van der Waals surface area contributed by atoms with E-state index in [1.54, 1.807) is 0 Å². The van der Waals surface area contributed by atoms with Crippen LogP contribution in [0.2, 0.25) is 16.6 Å². The molecule has 1 aromatic rings. The Morgan fingerprint density at radius 1 is 0.923 bits per heavy atom. The highest BCUT2D eigenvalue weighted by atomic mass is 28.4. The molecule has 0 radical (unpaired) electrons. The van der Waals surface area contributed by atoms with Crippen molar-refractivity contribution in [3.05, 3.63) is 60.2 Å². The van der Waals surface area contributed by atoms with E-state index >= 15 is 0 Å². The second-order valence-electron chi connectivity index (χ2n) is 14.3. The molecule has 4 rings (SSSR count). The number of hydrogen-bond acceptors (Lipinski definition) is 3. The van der Waals surface area contributed by atoms with Crippen molar-refractivity contribution >= 4 is 8.32 Å². The van der Waals surface area contributed by atoms with Crippen molar-refractivity contribution in [2.45, 2.75) is 111 Å². The maximum atomic E-state index is 12.0. The van der Waals surface area contributed by atoms with Gasteiger partial charge in [-0.05, 0) is 64.6 Å². The van der Waals surface area contributed by atoms with Crippen LogP contribution >= 0.6 is 0 Å². The molecule has 0 aliphatic heterocycles. The molecule has 1 fully saturated rings. The molecule has 0 amide bonds. The van der Waals surface area contributed by atoms with Crippen LogP contribution in [0.25, 0.3) is 0 Å². The van der Waals surface area contributed by atoms with E-state index in [4.69, 9.17) is 9.16 Å². The monoisotopic (exact) mass is 554 g/mol. The number of rotatable bonds is 14. The standard InChI is InChI=1S/C35H58O3Si/c1-25(2)33(24-38-39(26(3)4,27(5)6)28(7)8)32-21-34(10)18-17-31(32)20-35(34,36)19-16-29(9)22-37-23-30-14-12-11-13-15-30/h11-19,25-29,31-33,36H,20-24H2,1-10H3/b19-16+/t29-,31-,32-,33-,34+,35+/m0/s1. The van der Waals surface area contributed by atoms with Gasteiger partial charge in [0.05, 0.1) is 18.8 Å². The Hall–Kier alpha value is -1.20. The van der Waals surface area contributed by atoms with Crippen molar-refractivity contribution in [1.82, 2.24) is 0 Å². The van der Waals surface area contributed by atoms with Crippen molar-refractivity contribution in [1.29, 1.82) is 0 Å². The Morgan fingerprint density at radius 3 is 2.08 bits per heavy atom. The van der Waals surface area contributed by atoms with E-state index in [0.29, 0.717) is 53.5 Å². The van der Waals surface area contributed by atoms with Gasteiger partial charge in [-0.1, -0.05) is 124 Å². The lowest BCUT2D eigenvalue weighted by molar-refractivity contribution is -0.0996. The fourth-order valence-corrected chi connectivity index (χ4v) is 13.4. The number of benzene rings is 1. The fraction of sp³-hybridized carbons (Fsp3) is 0.714. The van der Waals surface area contributed by atoms with Gasteiger partial charge in [0.15, 0.2) is 8.32 Å². The SMILES string of the molecule is CC(C)[C@H](CO[Si](C(C)C)(C(C)C)C(C)C)[C@H]1C[C@@]2(C)C=C[C@H]1C[C@]2(O)/C=C/[C@H](C)COCc1ccccc1. The second-order valence-corrected chi connectivity index (χ2v) is 19.8. The number of aliphatic hydroxyl groups is 1. The van der Waals surface area contributed by atoms with Crippen LogP contribution in [0.1, 0.15) is 87.6 Å². The summed E-state index contributed by atoms with van der Waals surface area (Å²) < 4.78 is 13.1. The molecule has 1 aromatic carbocycles. The Balaban J connectivity index is 1.68. The molecular weight excluding hydrogens is 496 g/mol. The van der Waals surface area contributed by atoms with Crippen LogP contribution in [0, 0.1) is 35.0 Å². The lowest BCUT2D eigenvalue weighted by Crippen LogP contribution is -2.56. The van der Waals surface area contributed by atoms with Crippen LogP contribution in [-0.2, 0) is 15.8 Å². The third-order valence-corrected chi connectivity index (χ3v) is 16.4. The molecule has 3 aliphatic carbocycles. The molecule has 0 saturated heterocycles. The van der Waals surface area contributed by atoms with Gasteiger partial charge in [0, 0.05) is 12.0 Å². The van der Waals surface area contributed by atoms with Crippen molar-refractivity contribution in [2.75, 3.05) is 13.2 Å². The molecule has 4 heteroatoms. The molecule has 220 valence electrons. The van der Waals surface area contributed by atoms with Gasteiger partial charge in [0.1, 0.15) is 0 Å². The summed E-state index contributed by atoms with van der Waals surface area (Å²) in [6.07, 6.45) is 10.8. The zero-order valence-corrected chi connectivity index (χ0v) is 27.6. The summed E-state index contributed by atoms with van der Waals surface area (Å²) in [5.74, 6) is 2.23. The summed E-state index contributed by atoms with van der Waals surface area (Å²) >= 11 is 0. The smallest absolute Gasteiger partial charge is 0.200 e. The average molecular weight is 555 g/mol. The molecule has 1 N–H and O–H groups in total. The highest BCUT2D eigenvalue weighted by Gasteiger charge is 2.56. The molecule has 3 nitrogen and oxygen atoms in total. The number of allylic oxidation sites excluding steroid dienone is 1. The summed E-state index contributed by atoms with van der Waals surface area (Å²) in [6.45, 7) is 25.6. The molecule has 6 atom stereocenters. The van der Waals surface area contributed by atoms with Gasteiger partial charge < -0.3 is 14.3 Å². The van der Waals surface area contributed by atoms with Crippen molar-refractivity contribution in [3.63, 3.8) is 0 Å². The first-order chi connectivity index (χ1) is 18.3. The van der Waals surface area contributed by atoms with Gasteiger partial charge in [-0.15, -0.1) is 0 Å². The van der Waals surface area contributed by atoms with E-state index in [2.05, 4.69) is 106 Å². The van der Waals surface area contributed by atoms with Gasteiger partial charge in [-0.25, -0.2) is 0 Å². The van der Waals surface area contributed by atoms with E-state index in [1.165, 1.54) is 5.56 Å². The highest BCUT2D eigenvalue weighted by Crippen LogP contribution is 2.58. The van der Waals surface area contributed by atoms with Gasteiger partial charge in [0.2, 0.25) is 0 Å². The van der Waals surface area contributed by atoms with Gasteiger partial charge >= 0.3 is 0 Å². The van der Waals surface area contributed by atoms with E-state index < -0.39 is 13.9 Å². The van der Waals surface area contributed by atoms with Crippen LogP contribution < -0.4 is 0 Å². The first kappa shape index (κ1) is 32.3. The molecule has 0 unspecified atom stereocenters. The molecule has 39 heavy (non-hydrogen) atoms. The average Bonchev–Trinajstić information content (AvgIpc) is 2.86. The first-order valence-electron chi connectivity index (χ1n) is 15.6. The van der Waals surface area contributed by atoms with Gasteiger partial charge in [-0.2, -0.15) is 0 Å². The van der Waals surface area contributed by atoms with E-state index in [1.807, 2.05) is 18.2 Å². The number of ether oxygens (including phenoxy) is 1. The third-order valence-electron chi connectivity index (χ3n) is 10.3. The van der Waals surface area contributed by atoms with Gasteiger partial charge in [0.25, 0.3) is 0 Å². The van der Waals surface area contributed by atoms with E-state index in [9.17, 15) is 5.11 Å². The van der Waals surface area contributed by atoms with Crippen LogP contribution in [0.4, 0.5) is 0 Å². The predicted molar refractivity (Wildman–Crippen MR) is 168 cm³/mol. The maximum absolute atomic E-state index is 12.0. The summed E-state index contributed by atoms with van der Waals surface area (Å²) in [7, 11) is -1.92. The number of fused-ring (bicyclic) bond motifs is 2. The minimum atomic E-state index is -1.92. The Bertz CT molecular complexity index is 930. The van der Waals surface area contributed by atoms with Crippen LogP contribution in [0.5, 0.6) is 0 Å². The molecule has 0 heterocycles. The quantitative estimate of drug-likeness (QED) is 0.184. The summed E-state index contributed by atoms with van der Waals surface area (Å²) in [5.41, 5.74) is 1.91. The molecule has 0 spiro atoms. The largest absolute Gasteiger partial charge is 0.416 e. The predicted octanol–water partition coefficient (Wildman–Crippen LogP) is 9.19. The molecular formula is C35H58O3Si. The summed E-state index contributed by atoms with van der Waals surface area (Å²) in [4.78, 5) is 0. The van der Waals surface area contributed by atoms with Crippen molar-refractivity contribution < 1.29 is 14.3 Å². The fourth-order valence-electron chi connectivity index (χ4n) is 7.91. The lowest BCUT2D eigenvalue weighted by Gasteiger charge is -2.57. The Kier molecular flexibility index (Phi) is 10.9. The minimum Gasteiger partial charge on any atom is -0.416 e. The Labute approximate surface area is 241 Å². The first-order valence-corrected chi connectivity index (χ1v) is 17.8. The van der Waals surface area contributed by atoms with Crippen LogP contribution in [0.15, 0.2) is 54.6 Å². The zero-order chi connectivity index (χ0) is 29.0. The third kappa shape index (κ3) is 7.00. The minimum absolute atomic E-state index is 0.250. The Morgan fingerprint density at radius 2 is 1.54 bits per heavy atom. The second kappa shape index (κ2) is 13.2. The maximum Gasteiger partial charge on any atom is 0.200 e. The molecule has 2 bridgehead atoms. The van der Waals surface area contributed by atoms with Crippen molar-refractivity contribution in [3.8, 4) is 0 Å².